The molecule has 0 aliphatic heterocycles. The molecule has 0 bridgehead atoms. The first-order chi connectivity index (χ1) is 27.5. The van der Waals surface area contributed by atoms with Gasteiger partial charge in [-0.25, -0.2) is 40.7 Å². The summed E-state index contributed by atoms with van der Waals surface area (Å²) in [6, 6.07) is 7.53. The number of aryl methyl sites for hydroxylation is 2. The smallest absolute Gasteiger partial charge is 0.389 e. The molecule has 2 heterocycles. The van der Waals surface area contributed by atoms with Crippen LogP contribution in [-0.2, 0) is 31.2 Å². The molecule has 4 amide bonds. The highest BCUT2D eigenvalue weighted by Crippen LogP contribution is 2.26. The van der Waals surface area contributed by atoms with Gasteiger partial charge in [0.05, 0.1) is 30.7 Å². The van der Waals surface area contributed by atoms with Crippen molar-refractivity contribution < 1.29 is 80.9 Å². The van der Waals surface area contributed by atoms with E-state index in [1.165, 1.54) is 49.1 Å². The van der Waals surface area contributed by atoms with Crippen LogP contribution in [0.5, 0.6) is 17.8 Å². The zero-order valence-corrected chi connectivity index (χ0v) is 31.6. The van der Waals surface area contributed by atoms with Gasteiger partial charge in [-0.15, -0.1) is 0 Å². The molecule has 4 aromatic rings. The van der Waals surface area contributed by atoms with Crippen molar-refractivity contribution in [1.29, 1.82) is 0 Å². The number of carbonyl (C=O) groups excluding carboxylic acids is 3. The second-order valence-electron chi connectivity index (χ2n) is 10.6. The molecule has 2 aromatic heterocycles. The van der Waals surface area contributed by atoms with Crippen molar-refractivity contribution in [3.63, 3.8) is 0 Å². The van der Waals surface area contributed by atoms with Gasteiger partial charge in [-0.1, -0.05) is 30.3 Å². The van der Waals surface area contributed by atoms with Crippen molar-refractivity contribution in [3.05, 3.63) is 71.5 Å². The maximum atomic E-state index is 12.5. The standard InChI is InChI=1S/C15H12F4N4O7S.C15H16F3N5O4S/c1-28-11(24)7-4-2-3-5-8(7)31(26,27)23-15(25)22-14-20-9(29-12(16)17)6-10(21-14)30-13(18)19;1-9-19-12(22-14(20-9)27-2)21-13(24)23-28(25,26)11-6-4-3-5-10(11)7-8-15(16,17)18/h2-6,12-13H,1H3,(H2,20,21,22,23,25);3-6H,7-8H2,1-2H3,(H2,19,20,21,22,23,24). The fourth-order valence-electron chi connectivity index (χ4n) is 4.20. The molecule has 59 heavy (non-hydrogen) atoms. The van der Waals surface area contributed by atoms with E-state index in [0.717, 1.165) is 25.3 Å². The number of alkyl halides is 7. The van der Waals surface area contributed by atoms with Crippen molar-refractivity contribution >= 4 is 50.0 Å². The molecular formula is C30H28F7N9O11S2. The van der Waals surface area contributed by atoms with Crippen LogP contribution in [0, 0.1) is 6.92 Å². The average Bonchev–Trinajstić information content (AvgIpc) is 3.12. The molecule has 4 rings (SSSR count). The van der Waals surface area contributed by atoms with Gasteiger partial charge >= 0.3 is 43.4 Å². The fourth-order valence-corrected chi connectivity index (χ4v) is 6.49. The van der Waals surface area contributed by atoms with Crippen LogP contribution in [0.3, 0.4) is 0 Å². The third-order valence-electron chi connectivity index (χ3n) is 6.43. The first-order valence-electron chi connectivity index (χ1n) is 15.6. The summed E-state index contributed by atoms with van der Waals surface area (Å²) in [5.41, 5.74) is -0.459. The Labute approximate surface area is 328 Å². The second kappa shape index (κ2) is 20.2. The number of aromatic nitrogens is 5. The first-order valence-corrected chi connectivity index (χ1v) is 18.5. The lowest BCUT2D eigenvalue weighted by molar-refractivity contribution is -0.134. The largest absolute Gasteiger partial charge is 0.467 e. The minimum absolute atomic E-state index is 0.0715. The molecule has 2 aromatic carbocycles. The van der Waals surface area contributed by atoms with Gasteiger partial charge in [0.2, 0.25) is 23.7 Å². The summed E-state index contributed by atoms with van der Waals surface area (Å²) >= 11 is 0. The zero-order chi connectivity index (χ0) is 44.1. The van der Waals surface area contributed by atoms with E-state index in [9.17, 15) is 62.0 Å². The summed E-state index contributed by atoms with van der Waals surface area (Å²) in [5.74, 6) is -3.85. The summed E-state index contributed by atoms with van der Waals surface area (Å²) in [7, 11) is -6.78. The van der Waals surface area contributed by atoms with Crippen LogP contribution in [0.2, 0.25) is 0 Å². The number of halogens is 7. The summed E-state index contributed by atoms with van der Waals surface area (Å²) in [6.07, 6.45) is -6.20. The molecule has 0 saturated carbocycles. The van der Waals surface area contributed by atoms with E-state index in [0.29, 0.717) is 6.07 Å². The molecule has 0 radical (unpaired) electrons. The Bertz CT molecular complexity index is 2330. The normalized spacial score (nSPS) is 11.5. The lowest BCUT2D eigenvalue weighted by Gasteiger charge is -2.13. The molecule has 29 heteroatoms. The lowest BCUT2D eigenvalue weighted by atomic mass is 10.1. The number of methoxy groups -OCH3 is 2. The van der Waals surface area contributed by atoms with Crippen LogP contribution >= 0.6 is 0 Å². The van der Waals surface area contributed by atoms with E-state index >= 15 is 0 Å². The number of sulfonamides is 2. The zero-order valence-electron chi connectivity index (χ0n) is 30.0. The summed E-state index contributed by atoms with van der Waals surface area (Å²) in [5, 5.41) is 3.85. The summed E-state index contributed by atoms with van der Waals surface area (Å²) < 4.78 is 157. The molecule has 20 nitrogen and oxygen atoms in total. The minimum Gasteiger partial charge on any atom is -0.467 e. The average molecular weight is 888 g/mol. The molecular weight excluding hydrogens is 860 g/mol. The SMILES string of the molecule is COC(=O)c1ccccc1S(=O)(=O)NC(=O)Nc1nc(OC(F)F)cc(OC(F)F)n1.COc1nc(C)nc(NC(=O)NS(=O)(=O)c2ccccc2CCC(F)(F)F)n1. The van der Waals surface area contributed by atoms with Crippen LogP contribution < -0.4 is 34.3 Å². The van der Waals surface area contributed by atoms with Crippen molar-refractivity contribution in [3.8, 4) is 17.8 Å². The van der Waals surface area contributed by atoms with E-state index in [-0.39, 0.29) is 28.9 Å². The fraction of sp³-hybridized carbons (Fsp3) is 0.267. The molecule has 0 saturated heterocycles. The van der Waals surface area contributed by atoms with Gasteiger partial charge in [0.1, 0.15) is 10.7 Å². The molecule has 0 aliphatic rings. The van der Waals surface area contributed by atoms with E-state index in [2.05, 4.69) is 44.4 Å². The summed E-state index contributed by atoms with van der Waals surface area (Å²) in [6.45, 7) is -5.29. The third-order valence-corrected chi connectivity index (χ3v) is 9.26. The van der Waals surface area contributed by atoms with Crippen LogP contribution in [0.4, 0.5) is 52.2 Å². The van der Waals surface area contributed by atoms with Gasteiger partial charge in [-0.05, 0) is 37.1 Å². The molecule has 0 aliphatic carbocycles. The maximum absolute atomic E-state index is 12.5. The Morgan fingerprint density at radius 2 is 1.20 bits per heavy atom. The molecule has 4 N–H and O–H groups in total. The number of hydrogen-bond donors (Lipinski definition) is 4. The van der Waals surface area contributed by atoms with Crippen LogP contribution in [0.15, 0.2) is 64.4 Å². The lowest BCUT2D eigenvalue weighted by Crippen LogP contribution is -2.35. The molecule has 0 fully saturated rings. The second-order valence-corrected chi connectivity index (χ2v) is 13.9. The van der Waals surface area contributed by atoms with Crippen molar-refractivity contribution in [2.75, 3.05) is 24.9 Å². The molecule has 0 spiro atoms. The number of amides is 4. The highest BCUT2D eigenvalue weighted by molar-refractivity contribution is 7.90. The van der Waals surface area contributed by atoms with Crippen molar-refractivity contribution in [2.24, 2.45) is 0 Å². The van der Waals surface area contributed by atoms with Crippen molar-refractivity contribution in [2.45, 2.75) is 49.0 Å². The van der Waals surface area contributed by atoms with Gasteiger partial charge in [-0.3, -0.25) is 10.6 Å². The van der Waals surface area contributed by atoms with E-state index in [4.69, 9.17) is 4.74 Å². The maximum Gasteiger partial charge on any atom is 0.389 e. The van der Waals surface area contributed by atoms with Gasteiger partial charge in [0.25, 0.3) is 20.0 Å². The number of benzene rings is 2. The number of urea groups is 2. The Balaban J connectivity index is 0.000000317. The third kappa shape index (κ3) is 15.0. The highest BCUT2D eigenvalue weighted by Gasteiger charge is 2.29. The number of nitrogens with zero attached hydrogens (tertiary/aromatic N) is 5. The first kappa shape index (κ1) is 46.7. The van der Waals surface area contributed by atoms with E-state index < -0.39 is 97.8 Å². The number of esters is 1. The van der Waals surface area contributed by atoms with Gasteiger partial charge in [-0.2, -0.15) is 55.7 Å². The highest BCUT2D eigenvalue weighted by atomic mass is 32.2. The molecule has 320 valence electrons. The predicted octanol–water partition coefficient (Wildman–Crippen LogP) is 4.17. The Morgan fingerprint density at radius 1 is 0.712 bits per heavy atom. The Kier molecular flexibility index (Phi) is 16.0. The van der Waals surface area contributed by atoms with Gasteiger partial charge in [0.15, 0.2) is 0 Å². The van der Waals surface area contributed by atoms with Gasteiger partial charge < -0.3 is 18.9 Å². The van der Waals surface area contributed by atoms with Crippen LogP contribution in [-0.4, -0.2) is 93.4 Å². The van der Waals surface area contributed by atoms with Crippen LogP contribution in [0.1, 0.15) is 28.2 Å². The van der Waals surface area contributed by atoms with Gasteiger partial charge in [0, 0.05) is 6.42 Å². The monoisotopic (exact) mass is 887 g/mol. The number of ether oxygens (including phenoxy) is 4. The number of nitrogens with one attached hydrogen (secondary N) is 4. The Hall–Kier alpha value is -6.65. The quantitative estimate of drug-likeness (QED) is 0.102. The van der Waals surface area contributed by atoms with E-state index in [1.807, 2.05) is 0 Å². The number of hydrogen-bond acceptors (Lipinski definition) is 16. The number of carbonyl (C=O) groups is 3. The number of rotatable bonds is 14. The van der Waals surface area contributed by atoms with Crippen molar-refractivity contribution in [1.82, 2.24) is 34.4 Å². The molecule has 0 unspecified atom stereocenters. The van der Waals surface area contributed by atoms with Crippen LogP contribution in [0.25, 0.3) is 0 Å². The van der Waals surface area contributed by atoms with E-state index in [1.54, 1.807) is 10.0 Å². The Morgan fingerprint density at radius 3 is 1.71 bits per heavy atom. The summed E-state index contributed by atoms with van der Waals surface area (Å²) in [4.78, 5) is 52.7. The minimum atomic E-state index is -4.64. The topological polar surface area (TPSA) is 269 Å². The number of anilines is 2. The molecule has 0 atom stereocenters. The predicted molar refractivity (Wildman–Crippen MR) is 184 cm³/mol.